The van der Waals surface area contributed by atoms with Crippen molar-refractivity contribution in [3.05, 3.63) is 64.7 Å². The highest BCUT2D eigenvalue weighted by molar-refractivity contribution is 5.91. The fraction of sp³-hybridized carbons (Fsp3) is 0.605. The first-order valence-electron chi connectivity index (χ1n) is 18.5. The number of urea groups is 1. The summed E-state index contributed by atoms with van der Waals surface area (Å²) in [6.07, 6.45) is 6.23. The first-order chi connectivity index (χ1) is 23.8. The Hall–Kier alpha value is -3.67. The van der Waals surface area contributed by atoms with Crippen molar-refractivity contribution < 1.29 is 19.2 Å². The Kier molecular flexibility index (Phi) is 11.7. The molecule has 0 bridgehead atoms. The van der Waals surface area contributed by atoms with Crippen LogP contribution in [0.3, 0.4) is 0 Å². The van der Waals surface area contributed by atoms with E-state index in [4.69, 9.17) is 4.84 Å². The molecule has 2 aromatic rings. The first-order valence-corrected chi connectivity index (χ1v) is 18.5. The number of benzene rings is 2. The van der Waals surface area contributed by atoms with Crippen LogP contribution in [0.5, 0.6) is 0 Å². The number of hydrogen-bond donors (Lipinski definition) is 2. The van der Waals surface area contributed by atoms with Gasteiger partial charge in [0, 0.05) is 70.0 Å². The lowest BCUT2D eigenvalue weighted by Gasteiger charge is -2.42. The van der Waals surface area contributed by atoms with Gasteiger partial charge in [-0.25, -0.2) is 9.59 Å². The lowest BCUT2D eigenvalue weighted by atomic mass is 9.96. The van der Waals surface area contributed by atoms with Crippen LogP contribution >= 0.6 is 0 Å². The van der Waals surface area contributed by atoms with Crippen LogP contribution in [-0.4, -0.2) is 127 Å². The van der Waals surface area contributed by atoms with E-state index >= 15 is 0 Å². The topological polar surface area (TPSA) is 101 Å². The number of likely N-dealkylation sites (tertiary alicyclic amines) is 1. The van der Waals surface area contributed by atoms with Gasteiger partial charge < -0.3 is 30.2 Å². The molecule has 1 atom stereocenters. The molecule has 0 aromatic heterocycles. The number of piperazine rings is 1. The van der Waals surface area contributed by atoms with Gasteiger partial charge in [-0.3, -0.25) is 9.69 Å². The monoisotopic (exact) mass is 673 g/mol. The maximum absolute atomic E-state index is 14.1. The smallest absolute Gasteiger partial charge is 0.351 e. The van der Waals surface area contributed by atoms with E-state index in [1.807, 2.05) is 28.0 Å². The second kappa shape index (κ2) is 16.4. The maximum Gasteiger partial charge on any atom is 0.426 e. The molecule has 2 aromatic carbocycles. The number of rotatable bonds is 9. The lowest BCUT2D eigenvalue weighted by molar-refractivity contribution is -0.138. The third-order valence-corrected chi connectivity index (χ3v) is 11.1. The van der Waals surface area contributed by atoms with Gasteiger partial charge in [-0.15, -0.1) is 5.06 Å². The maximum atomic E-state index is 14.1. The van der Waals surface area contributed by atoms with Crippen LogP contribution < -0.4 is 10.6 Å². The molecule has 4 aliphatic rings. The summed E-state index contributed by atoms with van der Waals surface area (Å²) in [7, 11) is 2.18. The third-order valence-electron chi connectivity index (χ3n) is 11.1. The molecular formula is C38H55N7O4. The summed E-state index contributed by atoms with van der Waals surface area (Å²) in [5, 5.41) is 7.70. The predicted molar refractivity (Wildman–Crippen MR) is 191 cm³/mol. The highest BCUT2D eigenvalue weighted by Crippen LogP contribution is 2.25. The SMILES string of the molecule is CCc1ccc(CC(NC(=O)ON2CCC(N3CCc4ccccc4NC3=O)CC2)C(=O)N2CCN(C3CCN(C)CC3)CC2)cc1CC. The Morgan fingerprint density at radius 1 is 0.857 bits per heavy atom. The standard InChI is InChI=1S/C38H55N7O4/c1-4-29-11-10-28(26-30(29)5-2)27-35(36(46)43-24-22-42(23-25-43)32-13-17-41(3)18-14-32)40-38(48)49-44-19-15-33(16-20-44)45-21-12-31-8-6-7-9-34(31)39-37(45)47/h6-11,26,32-33,35H,4-5,12-25,27H2,1-3H3,(H,39,47)(H,40,48). The van der Waals surface area contributed by atoms with Crippen LogP contribution in [0.4, 0.5) is 15.3 Å². The lowest BCUT2D eigenvalue weighted by Crippen LogP contribution is -2.58. The molecule has 49 heavy (non-hydrogen) atoms. The summed E-state index contributed by atoms with van der Waals surface area (Å²) in [6, 6.07) is 14.2. The van der Waals surface area contributed by atoms with E-state index in [0.717, 1.165) is 62.3 Å². The fourth-order valence-electron chi connectivity index (χ4n) is 8.07. The summed E-state index contributed by atoms with van der Waals surface area (Å²) in [5.74, 6) is -0.0514. The zero-order valence-electron chi connectivity index (χ0n) is 29.7. The van der Waals surface area contributed by atoms with Gasteiger partial charge in [0.15, 0.2) is 0 Å². The second-order valence-corrected chi connectivity index (χ2v) is 14.2. The van der Waals surface area contributed by atoms with Gasteiger partial charge in [0.25, 0.3) is 0 Å². The largest absolute Gasteiger partial charge is 0.426 e. The summed E-state index contributed by atoms with van der Waals surface area (Å²) >= 11 is 0. The number of piperidine rings is 2. The molecule has 0 aliphatic carbocycles. The Morgan fingerprint density at radius 2 is 1.55 bits per heavy atom. The van der Waals surface area contributed by atoms with Crippen molar-refractivity contribution in [1.29, 1.82) is 0 Å². The van der Waals surface area contributed by atoms with Crippen LogP contribution in [-0.2, 0) is 35.3 Å². The normalized spacial score (nSPS) is 21.1. The molecule has 0 saturated carbocycles. The fourth-order valence-corrected chi connectivity index (χ4v) is 8.07. The first kappa shape index (κ1) is 35.2. The highest BCUT2D eigenvalue weighted by atomic mass is 16.7. The van der Waals surface area contributed by atoms with E-state index in [-0.39, 0.29) is 18.0 Å². The molecule has 0 radical (unpaired) electrons. The number of carbonyl (C=O) groups is 3. The van der Waals surface area contributed by atoms with Gasteiger partial charge in [-0.1, -0.05) is 50.2 Å². The number of hydrogen-bond acceptors (Lipinski definition) is 7. The van der Waals surface area contributed by atoms with Crippen LogP contribution in [0.2, 0.25) is 0 Å². The molecule has 2 N–H and O–H groups in total. The van der Waals surface area contributed by atoms with E-state index in [2.05, 4.69) is 65.6 Å². The number of para-hydroxylation sites is 1. The molecule has 3 saturated heterocycles. The molecule has 3 fully saturated rings. The third kappa shape index (κ3) is 8.74. The van der Waals surface area contributed by atoms with Crippen molar-refractivity contribution in [3.8, 4) is 0 Å². The molecule has 1 unspecified atom stereocenters. The van der Waals surface area contributed by atoms with E-state index < -0.39 is 12.1 Å². The summed E-state index contributed by atoms with van der Waals surface area (Å²) in [4.78, 5) is 55.1. The molecule has 0 spiro atoms. The highest BCUT2D eigenvalue weighted by Gasteiger charge is 2.34. The molecule has 4 amide bonds. The number of carbonyl (C=O) groups excluding carboxylic acids is 3. The van der Waals surface area contributed by atoms with Crippen LogP contribution in [0.25, 0.3) is 0 Å². The second-order valence-electron chi connectivity index (χ2n) is 14.2. The average molecular weight is 674 g/mol. The Labute approximate surface area is 291 Å². The van der Waals surface area contributed by atoms with E-state index in [0.29, 0.717) is 58.0 Å². The van der Waals surface area contributed by atoms with Gasteiger partial charge in [0.05, 0.1) is 0 Å². The van der Waals surface area contributed by atoms with Gasteiger partial charge >= 0.3 is 12.1 Å². The number of nitrogens with one attached hydrogen (secondary N) is 2. The van der Waals surface area contributed by atoms with Crippen molar-refractivity contribution in [3.63, 3.8) is 0 Å². The average Bonchev–Trinajstić information content (AvgIpc) is 3.29. The molecule has 11 nitrogen and oxygen atoms in total. The van der Waals surface area contributed by atoms with Crippen molar-refractivity contribution in [2.45, 2.75) is 83.3 Å². The van der Waals surface area contributed by atoms with Gasteiger partial charge in [-0.2, -0.15) is 0 Å². The number of amides is 4. The molecule has 11 heteroatoms. The minimum absolute atomic E-state index is 0.0514. The molecule has 4 heterocycles. The zero-order chi connectivity index (χ0) is 34.3. The number of nitrogens with zero attached hydrogens (tertiary/aromatic N) is 5. The van der Waals surface area contributed by atoms with Crippen LogP contribution in [0.1, 0.15) is 61.8 Å². The van der Waals surface area contributed by atoms with E-state index in [9.17, 15) is 14.4 Å². The minimum atomic E-state index is -0.723. The summed E-state index contributed by atoms with van der Waals surface area (Å²) in [5.41, 5.74) is 5.66. The number of hydroxylamine groups is 2. The Balaban J connectivity index is 1.05. The minimum Gasteiger partial charge on any atom is -0.351 e. The molecular weight excluding hydrogens is 618 g/mol. The molecule has 4 aliphatic heterocycles. The van der Waals surface area contributed by atoms with Crippen molar-refractivity contribution in [2.24, 2.45) is 0 Å². The zero-order valence-corrected chi connectivity index (χ0v) is 29.7. The van der Waals surface area contributed by atoms with Crippen molar-refractivity contribution in [1.82, 2.24) is 30.0 Å². The van der Waals surface area contributed by atoms with E-state index in [1.165, 1.54) is 24.0 Å². The number of anilines is 1. The summed E-state index contributed by atoms with van der Waals surface area (Å²) in [6.45, 7) is 11.3. The molecule has 266 valence electrons. The number of aryl methyl sites for hydroxylation is 2. The van der Waals surface area contributed by atoms with Crippen LogP contribution in [0, 0.1) is 0 Å². The quantitative estimate of drug-likeness (QED) is 0.413. The van der Waals surface area contributed by atoms with Gasteiger partial charge in [0.2, 0.25) is 5.91 Å². The predicted octanol–water partition coefficient (Wildman–Crippen LogP) is 4.16. The summed E-state index contributed by atoms with van der Waals surface area (Å²) < 4.78 is 0. The Bertz CT molecular complexity index is 1450. The van der Waals surface area contributed by atoms with Crippen LogP contribution in [0.15, 0.2) is 42.5 Å². The number of fused-ring (bicyclic) bond motifs is 1. The van der Waals surface area contributed by atoms with Crippen molar-refractivity contribution >= 4 is 23.7 Å². The van der Waals surface area contributed by atoms with Gasteiger partial charge in [-0.05, 0) is 93.4 Å². The van der Waals surface area contributed by atoms with Crippen molar-refractivity contribution in [2.75, 3.05) is 71.3 Å². The molecule has 6 rings (SSSR count). The van der Waals surface area contributed by atoms with E-state index in [1.54, 1.807) is 5.06 Å². The van der Waals surface area contributed by atoms with Gasteiger partial charge in [0.1, 0.15) is 6.04 Å². The Morgan fingerprint density at radius 3 is 2.27 bits per heavy atom.